The maximum absolute atomic E-state index is 13.1. The van der Waals surface area contributed by atoms with Gasteiger partial charge in [-0.05, 0) is 61.8 Å². The monoisotopic (exact) mass is 333 g/mol. The Morgan fingerprint density at radius 3 is 2.32 bits per heavy atom. The Morgan fingerprint density at radius 2 is 1.56 bits per heavy atom. The van der Waals surface area contributed by atoms with Crippen molar-refractivity contribution < 1.29 is 9.59 Å². The van der Waals surface area contributed by atoms with Crippen molar-refractivity contribution in [2.24, 2.45) is 11.8 Å². The van der Waals surface area contributed by atoms with Crippen LogP contribution < -0.4 is 4.90 Å². The molecule has 2 amide bonds. The van der Waals surface area contributed by atoms with E-state index < -0.39 is 0 Å². The zero-order valence-electron chi connectivity index (χ0n) is 14.7. The number of nitrogens with zero attached hydrogens (tertiary/aromatic N) is 1. The molecule has 2 fully saturated rings. The van der Waals surface area contributed by atoms with Gasteiger partial charge in [0.25, 0.3) is 0 Å². The third kappa shape index (κ3) is 2.58. The summed E-state index contributed by atoms with van der Waals surface area (Å²) in [6.45, 7) is 4.00. The van der Waals surface area contributed by atoms with Crippen molar-refractivity contribution in [1.82, 2.24) is 0 Å². The van der Waals surface area contributed by atoms with Crippen molar-refractivity contribution in [2.45, 2.75) is 39.0 Å². The number of hydrogen-bond donors (Lipinski definition) is 0. The van der Waals surface area contributed by atoms with E-state index in [-0.39, 0.29) is 23.7 Å². The van der Waals surface area contributed by atoms with Gasteiger partial charge in [-0.15, -0.1) is 0 Å². The zero-order valence-corrected chi connectivity index (χ0v) is 14.7. The number of anilines is 1. The molecule has 4 rings (SSSR count). The smallest absolute Gasteiger partial charge is 0.237 e. The molecule has 2 aromatic rings. The van der Waals surface area contributed by atoms with Gasteiger partial charge in [0.05, 0.1) is 17.5 Å². The quantitative estimate of drug-likeness (QED) is 0.765. The van der Waals surface area contributed by atoms with E-state index in [1.54, 1.807) is 0 Å². The molecule has 3 nitrogen and oxygen atoms in total. The number of amides is 2. The van der Waals surface area contributed by atoms with Gasteiger partial charge in [0.15, 0.2) is 0 Å². The maximum atomic E-state index is 13.1. The first-order valence-corrected chi connectivity index (χ1v) is 9.07. The van der Waals surface area contributed by atoms with Crippen LogP contribution in [0.15, 0.2) is 48.5 Å². The van der Waals surface area contributed by atoms with Gasteiger partial charge in [0.1, 0.15) is 0 Å². The number of fused-ring (bicyclic) bond motifs is 1. The van der Waals surface area contributed by atoms with Crippen molar-refractivity contribution in [2.75, 3.05) is 4.90 Å². The molecule has 0 spiro atoms. The molecule has 1 saturated heterocycles. The van der Waals surface area contributed by atoms with E-state index in [2.05, 4.69) is 12.1 Å². The Bertz CT molecular complexity index is 827. The fraction of sp³-hybridized carbons (Fsp3) is 0.364. The number of benzene rings is 2. The first kappa shape index (κ1) is 16.1. The molecule has 3 atom stereocenters. The summed E-state index contributed by atoms with van der Waals surface area (Å²) in [5.74, 6) is 0.0380. The highest BCUT2D eigenvalue weighted by Gasteiger charge is 2.51. The van der Waals surface area contributed by atoms with Crippen LogP contribution in [-0.2, 0) is 9.59 Å². The zero-order chi connectivity index (χ0) is 17.6. The van der Waals surface area contributed by atoms with Crippen LogP contribution >= 0.6 is 0 Å². The molecule has 3 heteroatoms. The van der Waals surface area contributed by atoms with Gasteiger partial charge in [-0.2, -0.15) is 0 Å². The van der Waals surface area contributed by atoms with Gasteiger partial charge in [0, 0.05) is 0 Å². The van der Waals surface area contributed by atoms with E-state index in [0.717, 1.165) is 36.1 Å². The normalized spacial score (nSPS) is 26.0. The lowest BCUT2D eigenvalue weighted by molar-refractivity contribution is -0.122. The van der Waals surface area contributed by atoms with Crippen LogP contribution in [0.25, 0.3) is 0 Å². The Kier molecular flexibility index (Phi) is 3.95. The lowest BCUT2D eigenvalue weighted by atomic mass is 9.73. The van der Waals surface area contributed by atoms with E-state index in [1.807, 2.05) is 50.2 Å². The Labute approximate surface area is 148 Å². The number of imide groups is 1. The standard InChI is InChI=1S/C22H23NO2/c1-14-7-6-10-20(15(14)2)23-21(24)18-12-11-17(13-19(18)22(23)25)16-8-4-3-5-9-16/h3-10,17-19H,11-13H2,1-2H3. The number of hydrogen-bond acceptors (Lipinski definition) is 2. The SMILES string of the molecule is Cc1cccc(N2C(=O)C3CCC(c4ccccc4)CC3C2=O)c1C. The molecule has 3 unspecified atom stereocenters. The van der Waals surface area contributed by atoms with E-state index in [9.17, 15) is 9.59 Å². The van der Waals surface area contributed by atoms with Crippen molar-refractivity contribution in [3.63, 3.8) is 0 Å². The summed E-state index contributed by atoms with van der Waals surface area (Å²) in [6.07, 6.45) is 2.56. The molecule has 1 aliphatic carbocycles. The lowest BCUT2D eigenvalue weighted by Crippen LogP contribution is -2.31. The fourth-order valence-corrected chi connectivity index (χ4v) is 4.42. The van der Waals surface area contributed by atoms with E-state index in [1.165, 1.54) is 10.5 Å². The van der Waals surface area contributed by atoms with Crippen LogP contribution in [0.4, 0.5) is 5.69 Å². The first-order chi connectivity index (χ1) is 12.1. The predicted molar refractivity (Wildman–Crippen MR) is 98.4 cm³/mol. The van der Waals surface area contributed by atoms with Crippen molar-refractivity contribution >= 4 is 17.5 Å². The van der Waals surface area contributed by atoms with Crippen LogP contribution in [-0.4, -0.2) is 11.8 Å². The van der Waals surface area contributed by atoms with Crippen LogP contribution in [0.5, 0.6) is 0 Å². The molecule has 1 aliphatic heterocycles. The molecule has 2 aliphatic rings. The van der Waals surface area contributed by atoms with Gasteiger partial charge in [0.2, 0.25) is 11.8 Å². The third-order valence-electron chi connectivity index (χ3n) is 6.01. The molecule has 0 radical (unpaired) electrons. The molecule has 2 aromatic carbocycles. The summed E-state index contributed by atoms with van der Waals surface area (Å²) in [4.78, 5) is 27.5. The second-order valence-corrected chi connectivity index (χ2v) is 7.36. The second-order valence-electron chi connectivity index (χ2n) is 7.36. The average molecular weight is 333 g/mol. The average Bonchev–Trinajstić information content (AvgIpc) is 2.89. The Hall–Kier alpha value is -2.42. The van der Waals surface area contributed by atoms with Gasteiger partial charge in [-0.3, -0.25) is 9.59 Å². The molecular weight excluding hydrogens is 310 g/mol. The lowest BCUT2D eigenvalue weighted by Gasteiger charge is -2.28. The number of carbonyl (C=O) groups excluding carboxylic acids is 2. The van der Waals surface area contributed by atoms with Gasteiger partial charge >= 0.3 is 0 Å². The molecule has 25 heavy (non-hydrogen) atoms. The molecule has 0 bridgehead atoms. The van der Waals surface area contributed by atoms with Crippen molar-refractivity contribution in [3.8, 4) is 0 Å². The molecule has 128 valence electrons. The highest BCUT2D eigenvalue weighted by molar-refractivity contribution is 6.22. The fourth-order valence-electron chi connectivity index (χ4n) is 4.42. The number of aryl methyl sites for hydroxylation is 1. The summed E-state index contributed by atoms with van der Waals surface area (Å²) >= 11 is 0. The topological polar surface area (TPSA) is 37.4 Å². The molecule has 1 heterocycles. The molecule has 0 aromatic heterocycles. The Balaban J connectivity index is 1.64. The molecule has 1 saturated carbocycles. The van der Waals surface area contributed by atoms with E-state index in [0.29, 0.717) is 5.92 Å². The van der Waals surface area contributed by atoms with Crippen LogP contribution in [0.3, 0.4) is 0 Å². The Morgan fingerprint density at radius 1 is 0.840 bits per heavy atom. The van der Waals surface area contributed by atoms with E-state index in [4.69, 9.17) is 0 Å². The predicted octanol–water partition coefficient (Wildman–Crippen LogP) is 4.38. The van der Waals surface area contributed by atoms with Gasteiger partial charge < -0.3 is 0 Å². The molecule has 0 N–H and O–H groups in total. The summed E-state index contributed by atoms with van der Waals surface area (Å²) < 4.78 is 0. The second kappa shape index (κ2) is 6.14. The van der Waals surface area contributed by atoms with Crippen molar-refractivity contribution in [3.05, 3.63) is 65.2 Å². The minimum Gasteiger partial charge on any atom is -0.274 e. The van der Waals surface area contributed by atoms with Crippen LogP contribution in [0, 0.1) is 25.7 Å². The summed E-state index contributed by atoms with van der Waals surface area (Å²) in [6, 6.07) is 16.2. The highest BCUT2D eigenvalue weighted by atomic mass is 16.2. The number of carbonyl (C=O) groups is 2. The minimum absolute atomic E-state index is 0.00443. The van der Waals surface area contributed by atoms with Crippen molar-refractivity contribution in [1.29, 1.82) is 0 Å². The molecular formula is C22H23NO2. The highest BCUT2D eigenvalue weighted by Crippen LogP contribution is 2.46. The van der Waals surface area contributed by atoms with Gasteiger partial charge in [-0.1, -0.05) is 42.5 Å². The summed E-state index contributed by atoms with van der Waals surface area (Å²) in [5.41, 5.74) is 4.17. The largest absolute Gasteiger partial charge is 0.274 e. The van der Waals surface area contributed by atoms with E-state index >= 15 is 0 Å². The summed E-state index contributed by atoms with van der Waals surface area (Å²) in [7, 11) is 0. The van der Waals surface area contributed by atoms with Gasteiger partial charge in [-0.25, -0.2) is 4.90 Å². The number of rotatable bonds is 2. The summed E-state index contributed by atoms with van der Waals surface area (Å²) in [5, 5.41) is 0. The minimum atomic E-state index is -0.175. The maximum Gasteiger partial charge on any atom is 0.237 e. The first-order valence-electron chi connectivity index (χ1n) is 9.07. The van der Waals surface area contributed by atoms with Crippen LogP contribution in [0.2, 0.25) is 0 Å². The van der Waals surface area contributed by atoms with Crippen LogP contribution in [0.1, 0.15) is 41.9 Å². The third-order valence-corrected chi connectivity index (χ3v) is 6.01.